The van der Waals surface area contributed by atoms with Crippen LogP contribution < -0.4 is 0 Å². The molecule has 0 saturated heterocycles. The molecule has 1 unspecified atom stereocenters. The zero-order valence-electron chi connectivity index (χ0n) is 8.84. The summed E-state index contributed by atoms with van der Waals surface area (Å²) in [6.45, 7) is 0. The van der Waals surface area contributed by atoms with Gasteiger partial charge in [0.25, 0.3) is 0 Å². The summed E-state index contributed by atoms with van der Waals surface area (Å²) < 4.78 is 13.4. The molecule has 2 aromatic rings. The normalized spacial score (nSPS) is 11.8. The Kier molecular flexibility index (Phi) is 3.12. The number of pyridine rings is 1. The SMILES string of the molecule is N#Cc1ccc(C(O)c2ccncc2F)cc1. The maximum atomic E-state index is 13.4. The number of hydrogen-bond acceptors (Lipinski definition) is 3. The molecule has 17 heavy (non-hydrogen) atoms. The highest BCUT2D eigenvalue weighted by Crippen LogP contribution is 2.23. The van der Waals surface area contributed by atoms with Crippen LogP contribution in [0.3, 0.4) is 0 Å². The van der Waals surface area contributed by atoms with E-state index in [1.165, 1.54) is 12.3 Å². The molecule has 1 aromatic carbocycles. The van der Waals surface area contributed by atoms with Gasteiger partial charge in [0.1, 0.15) is 11.9 Å². The average molecular weight is 228 g/mol. The van der Waals surface area contributed by atoms with Gasteiger partial charge >= 0.3 is 0 Å². The van der Waals surface area contributed by atoms with E-state index in [1.807, 2.05) is 6.07 Å². The van der Waals surface area contributed by atoms with Gasteiger partial charge < -0.3 is 5.11 Å². The Labute approximate surface area is 97.8 Å². The third kappa shape index (κ3) is 2.30. The number of aromatic nitrogens is 1. The Morgan fingerprint density at radius 2 is 1.94 bits per heavy atom. The quantitative estimate of drug-likeness (QED) is 0.857. The van der Waals surface area contributed by atoms with Gasteiger partial charge in [0.15, 0.2) is 0 Å². The Bertz CT molecular complexity index is 560. The lowest BCUT2D eigenvalue weighted by molar-refractivity contribution is 0.214. The van der Waals surface area contributed by atoms with Crippen LogP contribution in [0.25, 0.3) is 0 Å². The molecule has 0 aliphatic carbocycles. The van der Waals surface area contributed by atoms with Crippen LogP contribution >= 0.6 is 0 Å². The van der Waals surface area contributed by atoms with E-state index in [0.29, 0.717) is 11.1 Å². The number of halogens is 1. The van der Waals surface area contributed by atoms with Crippen molar-refractivity contribution in [3.8, 4) is 6.07 Å². The van der Waals surface area contributed by atoms with Gasteiger partial charge in [0.2, 0.25) is 0 Å². The van der Waals surface area contributed by atoms with Crippen molar-refractivity contribution in [3.05, 3.63) is 65.2 Å². The molecular weight excluding hydrogens is 219 g/mol. The van der Waals surface area contributed by atoms with E-state index in [4.69, 9.17) is 5.26 Å². The first-order valence-electron chi connectivity index (χ1n) is 5.00. The van der Waals surface area contributed by atoms with Crippen molar-refractivity contribution in [1.29, 1.82) is 5.26 Å². The molecule has 0 aliphatic rings. The fourth-order valence-electron chi connectivity index (χ4n) is 1.53. The number of rotatable bonds is 2. The number of nitrogens with zero attached hydrogens (tertiary/aromatic N) is 2. The minimum atomic E-state index is -1.05. The number of aliphatic hydroxyl groups excluding tert-OH is 1. The van der Waals surface area contributed by atoms with Gasteiger partial charge in [-0.05, 0) is 23.8 Å². The van der Waals surface area contributed by atoms with E-state index in [2.05, 4.69) is 4.98 Å². The van der Waals surface area contributed by atoms with E-state index >= 15 is 0 Å². The van der Waals surface area contributed by atoms with E-state index in [1.54, 1.807) is 24.3 Å². The van der Waals surface area contributed by atoms with Crippen molar-refractivity contribution >= 4 is 0 Å². The van der Waals surface area contributed by atoms with E-state index < -0.39 is 11.9 Å². The van der Waals surface area contributed by atoms with Crippen LogP contribution in [-0.4, -0.2) is 10.1 Å². The van der Waals surface area contributed by atoms with Gasteiger partial charge in [-0.15, -0.1) is 0 Å². The molecule has 0 spiro atoms. The minimum absolute atomic E-state index is 0.171. The van der Waals surface area contributed by atoms with Gasteiger partial charge in [0.05, 0.1) is 17.8 Å². The molecular formula is C13H9FN2O. The highest BCUT2D eigenvalue weighted by molar-refractivity contribution is 5.35. The Balaban J connectivity index is 2.34. The first-order valence-corrected chi connectivity index (χ1v) is 5.00. The monoisotopic (exact) mass is 228 g/mol. The lowest BCUT2D eigenvalue weighted by Crippen LogP contribution is -2.02. The fourth-order valence-corrected chi connectivity index (χ4v) is 1.53. The Hall–Kier alpha value is -2.25. The molecule has 1 N–H and O–H groups in total. The lowest BCUT2D eigenvalue weighted by Gasteiger charge is -2.11. The second-order valence-electron chi connectivity index (χ2n) is 3.53. The molecule has 0 bridgehead atoms. The van der Waals surface area contributed by atoms with Crippen molar-refractivity contribution < 1.29 is 9.50 Å². The minimum Gasteiger partial charge on any atom is -0.384 e. The molecule has 84 valence electrons. The summed E-state index contributed by atoms with van der Waals surface area (Å²) in [6, 6.07) is 9.77. The first kappa shape index (κ1) is 11.2. The van der Waals surface area contributed by atoms with Crippen molar-refractivity contribution in [2.24, 2.45) is 0 Å². The van der Waals surface area contributed by atoms with Crippen LogP contribution in [-0.2, 0) is 0 Å². The average Bonchev–Trinajstić information content (AvgIpc) is 2.39. The summed E-state index contributed by atoms with van der Waals surface area (Å²) in [6.07, 6.45) is 1.43. The second kappa shape index (κ2) is 4.73. The van der Waals surface area contributed by atoms with Gasteiger partial charge in [-0.25, -0.2) is 4.39 Å². The predicted molar refractivity (Wildman–Crippen MR) is 59.4 cm³/mol. The van der Waals surface area contributed by atoms with E-state index in [0.717, 1.165) is 6.20 Å². The highest BCUT2D eigenvalue weighted by atomic mass is 19.1. The fraction of sp³-hybridized carbons (Fsp3) is 0.0769. The van der Waals surface area contributed by atoms with Crippen LogP contribution in [0.4, 0.5) is 4.39 Å². The Morgan fingerprint density at radius 3 is 2.53 bits per heavy atom. The van der Waals surface area contributed by atoms with Crippen LogP contribution in [0.5, 0.6) is 0 Å². The molecule has 1 atom stereocenters. The number of hydrogen-bond donors (Lipinski definition) is 1. The van der Waals surface area contributed by atoms with Crippen LogP contribution in [0.2, 0.25) is 0 Å². The lowest BCUT2D eigenvalue weighted by atomic mass is 10.0. The molecule has 1 aromatic heterocycles. The van der Waals surface area contributed by atoms with Gasteiger partial charge in [-0.3, -0.25) is 4.98 Å². The summed E-state index contributed by atoms with van der Waals surface area (Å²) >= 11 is 0. The molecule has 3 nitrogen and oxygen atoms in total. The zero-order chi connectivity index (χ0) is 12.3. The summed E-state index contributed by atoms with van der Waals surface area (Å²) in [7, 11) is 0. The molecule has 0 fully saturated rings. The number of benzene rings is 1. The van der Waals surface area contributed by atoms with Crippen molar-refractivity contribution in [2.75, 3.05) is 0 Å². The topological polar surface area (TPSA) is 56.9 Å². The van der Waals surface area contributed by atoms with Crippen LogP contribution in [0, 0.1) is 17.1 Å². The molecule has 0 saturated carbocycles. The highest BCUT2D eigenvalue weighted by Gasteiger charge is 2.14. The third-order valence-corrected chi connectivity index (χ3v) is 2.45. The Morgan fingerprint density at radius 1 is 1.24 bits per heavy atom. The standard InChI is InChI=1S/C13H9FN2O/c14-12-8-16-6-5-11(12)13(17)10-3-1-9(7-15)2-4-10/h1-6,8,13,17H. The molecule has 0 radical (unpaired) electrons. The molecule has 4 heteroatoms. The smallest absolute Gasteiger partial charge is 0.147 e. The molecule has 0 aliphatic heterocycles. The third-order valence-electron chi connectivity index (χ3n) is 2.45. The largest absolute Gasteiger partial charge is 0.384 e. The molecule has 1 heterocycles. The maximum Gasteiger partial charge on any atom is 0.147 e. The van der Waals surface area contributed by atoms with Crippen LogP contribution in [0.1, 0.15) is 22.8 Å². The zero-order valence-corrected chi connectivity index (χ0v) is 8.84. The second-order valence-corrected chi connectivity index (χ2v) is 3.53. The van der Waals surface area contributed by atoms with Gasteiger partial charge in [-0.2, -0.15) is 5.26 Å². The van der Waals surface area contributed by atoms with E-state index in [9.17, 15) is 9.50 Å². The maximum absolute atomic E-state index is 13.4. The number of aliphatic hydroxyl groups is 1. The van der Waals surface area contributed by atoms with Gasteiger partial charge in [0, 0.05) is 11.8 Å². The van der Waals surface area contributed by atoms with E-state index in [-0.39, 0.29) is 5.56 Å². The number of nitriles is 1. The molecule has 0 amide bonds. The van der Waals surface area contributed by atoms with Crippen molar-refractivity contribution in [3.63, 3.8) is 0 Å². The van der Waals surface area contributed by atoms with Crippen molar-refractivity contribution in [2.45, 2.75) is 6.10 Å². The molecule has 2 rings (SSSR count). The summed E-state index contributed by atoms with van der Waals surface area (Å²) in [5.74, 6) is -0.552. The first-order chi connectivity index (χ1) is 8.22. The summed E-state index contributed by atoms with van der Waals surface area (Å²) in [5.41, 5.74) is 1.20. The van der Waals surface area contributed by atoms with Crippen LogP contribution in [0.15, 0.2) is 42.7 Å². The van der Waals surface area contributed by atoms with Crippen molar-refractivity contribution in [1.82, 2.24) is 4.98 Å². The predicted octanol–water partition coefficient (Wildman–Crippen LogP) is 2.17. The summed E-state index contributed by atoms with van der Waals surface area (Å²) in [5, 5.41) is 18.6. The van der Waals surface area contributed by atoms with Gasteiger partial charge in [-0.1, -0.05) is 12.1 Å². The summed E-state index contributed by atoms with van der Waals surface area (Å²) in [4.78, 5) is 3.62.